The minimum atomic E-state index is -0.580. The molecule has 0 saturated heterocycles. The normalized spacial score (nSPS) is 10.9. The van der Waals surface area contributed by atoms with E-state index < -0.39 is 11.6 Å². The molecule has 0 unspecified atom stereocenters. The third-order valence-corrected chi connectivity index (χ3v) is 4.34. The average molecular weight is 430 g/mol. The van der Waals surface area contributed by atoms with Gasteiger partial charge in [-0.2, -0.15) is 0 Å². The van der Waals surface area contributed by atoms with Crippen LogP contribution in [0.15, 0.2) is 36.4 Å². The van der Waals surface area contributed by atoms with E-state index in [4.69, 9.17) is 23.7 Å². The number of esters is 1. The lowest BCUT2D eigenvalue weighted by Gasteiger charge is -2.19. The molecule has 7 heteroatoms. The van der Waals surface area contributed by atoms with Gasteiger partial charge in [0.2, 0.25) is 5.75 Å². The predicted molar refractivity (Wildman–Crippen MR) is 117 cm³/mol. The van der Waals surface area contributed by atoms with Crippen LogP contribution in [0.5, 0.6) is 23.0 Å². The second-order valence-electron chi connectivity index (χ2n) is 7.82. The Kier molecular flexibility index (Phi) is 8.30. The second kappa shape index (κ2) is 10.7. The zero-order valence-corrected chi connectivity index (χ0v) is 18.9. The van der Waals surface area contributed by atoms with E-state index in [0.29, 0.717) is 35.0 Å². The lowest BCUT2D eigenvalue weighted by Crippen LogP contribution is -2.27. The highest BCUT2D eigenvalue weighted by Gasteiger charge is 2.18. The Morgan fingerprint density at radius 1 is 0.903 bits per heavy atom. The fourth-order valence-corrected chi connectivity index (χ4v) is 3.03. The fraction of sp³-hybridized carbons (Fsp3) is 0.417. The van der Waals surface area contributed by atoms with Crippen LogP contribution in [0.25, 0.3) is 0 Å². The van der Waals surface area contributed by atoms with Gasteiger partial charge in [-0.3, -0.25) is 4.79 Å². The van der Waals surface area contributed by atoms with Crippen LogP contribution in [0.3, 0.4) is 0 Å². The van der Waals surface area contributed by atoms with Gasteiger partial charge in [-0.1, -0.05) is 18.2 Å². The first-order valence-corrected chi connectivity index (χ1v) is 9.94. The Hall–Kier alpha value is -3.22. The summed E-state index contributed by atoms with van der Waals surface area (Å²) in [5, 5.41) is 0. The first-order chi connectivity index (χ1) is 14.7. The highest BCUT2D eigenvalue weighted by molar-refractivity contribution is 5.96. The van der Waals surface area contributed by atoms with Crippen LogP contribution in [-0.4, -0.2) is 45.3 Å². The van der Waals surface area contributed by atoms with Crippen molar-refractivity contribution in [2.24, 2.45) is 0 Å². The van der Waals surface area contributed by atoms with E-state index in [1.807, 2.05) is 6.07 Å². The van der Waals surface area contributed by atoms with E-state index in [1.165, 1.54) is 7.11 Å². The molecule has 2 aromatic rings. The van der Waals surface area contributed by atoms with Crippen molar-refractivity contribution in [2.75, 3.05) is 27.9 Å². The van der Waals surface area contributed by atoms with E-state index >= 15 is 0 Å². The van der Waals surface area contributed by atoms with Gasteiger partial charge in [0.15, 0.2) is 23.9 Å². The molecule has 0 aromatic heterocycles. The standard InChI is InChI=1S/C24H30O7/c1-24(2,3)31-21(26)15-30-18-9-7-8-17(14-18)19(25)12-10-16-11-13-20(27-4)23(29-6)22(16)28-5/h7-9,11,13-14H,10,12,15H2,1-6H3. The van der Waals surface area contributed by atoms with Crippen molar-refractivity contribution in [1.29, 1.82) is 0 Å². The van der Waals surface area contributed by atoms with Gasteiger partial charge in [-0.15, -0.1) is 0 Å². The molecule has 0 radical (unpaired) electrons. The summed E-state index contributed by atoms with van der Waals surface area (Å²) in [6.07, 6.45) is 0.729. The Balaban J connectivity index is 2.04. The molecule has 0 heterocycles. The van der Waals surface area contributed by atoms with Gasteiger partial charge in [0.25, 0.3) is 0 Å². The monoisotopic (exact) mass is 430 g/mol. The zero-order valence-electron chi connectivity index (χ0n) is 18.9. The molecule has 0 bridgehead atoms. The number of carbonyl (C=O) groups is 2. The topological polar surface area (TPSA) is 80.3 Å². The van der Waals surface area contributed by atoms with Gasteiger partial charge < -0.3 is 23.7 Å². The van der Waals surface area contributed by atoms with Crippen LogP contribution >= 0.6 is 0 Å². The zero-order chi connectivity index (χ0) is 23.0. The molecule has 0 spiro atoms. The fourth-order valence-electron chi connectivity index (χ4n) is 3.03. The smallest absolute Gasteiger partial charge is 0.344 e. The van der Waals surface area contributed by atoms with Crippen LogP contribution in [-0.2, 0) is 16.0 Å². The van der Waals surface area contributed by atoms with Gasteiger partial charge in [-0.25, -0.2) is 4.79 Å². The van der Waals surface area contributed by atoms with Crippen LogP contribution < -0.4 is 18.9 Å². The predicted octanol–water partition coefficient (Wildman–Crippen LogP) is 4.25. The minimum Gasteiger partial charge on any atom is -0.493 e. The molecule has 0 aliphatic rings. The van der Waals surface area contributed by atoms with Crippen LogP contribution in [0.2, 0.25) is 0 Å². The van der Waals surface area contributed by atoms with Crippen molar-refractivity contribution in [2.45, 2.75) is 39.2 Å². The number of aryl methyl sites for hydroxylation is 1. The summed E-state index contributed by atoms with van der Waals surface area (Å²) in [6.45, 7) is 5.14. The van der Waals surface area contributed by atoms with Gasteiger partial charge >= 0.3 is 5.97 Å². The molecule has 2 rings (SSSR count). The Labute approximate surface area is 183 Å². The third-order valence-electron chi connectivity index (χ3n) is 4.34. The Bertz CT molecular complexity index is 913. The number of hydrogen-bond acceptors (Lipinski definition) is 7. The quantitative estimate of drug-likeness (QED) is 0.412. The lowest BCUT2D eigenvalue weighted by molar-refractivity contribution is -0.157. The van der Waals surface area contributed by atoms with Gasteiger partial charge in [-0.05, 0) is 51.0 Å². The molecular formula is C24H30O7. The Morgan fingerprint density at radius 3 is 2.23 bits per heavy atom. The maximum absolute atomic E-state index is 12.7. The minimum absolute atomic E-state index is 0.0560. The number of ether oxygens (including phenoxy) is 5. The molecule has 0 aliphatic heterocycles. The van der Waals surface area contributed by atoms with Crippen LogP contribution in [0.1, 0.15) is 43.1 Å². The first-order valence-electron chi connectivity index (χ1n) is 9.94. The number of benzene rings is 2. The van der Waals surface area contributed by atoms with Crippen molar-refractivity contribution < 1.29 is 33.3 Å². The maximum Gasteiger partial charge on any atom is 0.344 e. The number of ketones is 1. The van der Waals surface area contributed by atoms with Gasteiger partial charge in [0.05, 0.1) is 21.3 Å². The molecule has 0 saturated carbocycles. The number of methoxy groups -OCH3 is 3. The van der Waals surface area contributed by atoms with Crippen LogP contribution in [0, 0.1) is 0 Å². The third kappa shape index (κ3) is 6.91. The first kappa shape index (κ1) is 24.1. The number of carbonyl (C=O) groups excluding carboxylic acids is 2. The summed E-state index contributed by atoms with van der Waals surface area (Å²) in [5.41, 5.74) is 0.760. The summed E-state index contributed by atoms with van der Waals surface area (Å²) in [5.74, 6) is 1.51. The van der Waals surface area contributed by atoms with Gasteiger partial charge in [0.1, 0.15) is 11.4 Å². The lowest BCUT2D eigenvalue weighted by atomic mass is 10.0. The Morgan fingerprint density at radius 2 is 1.61 bits per heavy atom. The molecule has 7 nitrogen and oxygen atoms in total. The molecule has 168 valence electrons. The van der Waals surface area contributed by atoms with E-state index in [9.17, 15) is 9.59 Å². The molecule has 31 heavy (non-hydrogen) atoms. The van der Waals surface area contributed by atoms with E-state index in [-0.39, 0.29) is 18.8 Å². The van der Waals surface area contributed by atoms with E-state index in [1.54, 1.807) is 65.3 Å². The van der Waals surface area contributed by atoms with E-state index in [0.717, 1.165) is 5.56 Å². The average Bonchev–Trinajstić information content (AvgIpc) is 2.74. The number of Topliss-reactive ketones (excluding diaryl/α,β-unsaturated/α-hetero) is 1. The molecular weight excluding hydrogens is 400 g/mol. The molecule has 0 atom stereocenters. The summed E-state index contributed by atoms with van der Waals surface area (Å²) < 4.78 is 26.9. The van der Waals surface area contributed by atoms with Crippen molar-refractivity contribution in [1.82, 2.24) is 0 Å². The van der Waals surface area contributed by atoms with E-state index in [2.05, 4.69) is 0 Å². The highest BCUT2D eigenvalue weighted by Crippen LogP contribution is 2.40. The summed E-state index contributed by atoms with van der Waals surface area (Å²) in [7, 11) is 4.64. The number of hydrogen-bond donors (Lipinski definition) is 0. The highest BCUT2D eigenvalue weighted by atomic mass is 16.6. The SMILES string of the molecule is COc1ccc(CCC(=O)c2cccc(OCC(=O)OC(C)(C)C)c2)c(OC)c1OC. The number of rotatable bonds is 10. The van der Waals surface area contributed by atoms with Gasteiger partial charge in [0, 0.05) is 12.0 Å². The molecule has 0 aliphatic carbocycles. The summed E-state index contributed by atoms with van der Waals surface area (Å²) in [6, 6.07) is 10.4. The van der Waals surface area contributed by atoms with Crippen molar-refractivity contribution >= 4 is 11.8 Å². The molecule has 0 fully saturated rings. The second-order valence-corrected chi connectivity index (χ2v) is 7.82. The summed E-state index contributed by atoms with van der Waals surface area (Å²) in [4.78, 5) is 24.6. The summed E-state index contributed by atoms with van der Waals surface area (Å²) >= 11 is 0. The van der Waals surface area contributed by atoms with Crippen molar-refractivity contribution in [3.8, 4) is 23.0 Å². The van der Waals surface area contributed by atoms with Crippen molar-refractivity contribution in [3.63, 3.8) is 0 Å². The molecule has 0 amide bonds. The van der Waals surface area contributed by atoms with Crippen molar-refractivity contribution in [3.05, 3.63) is 47.5 Å². The largest absolute Gasteiger partial charge is 0.493 e. The molecule has 2 aromatic carbocycles. The molecule has 0 N–H and O–H groups in total. The van der Waals surface area contributed by atoms with Crippen LogP contribution in [0.4, 0.5) is 0 Å². The maximum atomic E-state index is 12.7.